The van der Waals surface area contributed by atoms with E-state index in [1.54, 1.807) is 21.3 Å². The van der Waals surface area contributed by atoms with Crippen LogP contribution in [0.4, 0.5) is 23.0 Å². The molecule has 0 aliphatic carbocycles. The van der Waals surface area contributed by atoms with Crippen molar-refractivity contribution < 1.29 is 14.2 Å². The number of aryl methyl sites for hydroxylation is 1. The van der Waals surface area contributed by atoms with Crippen LogP contribution in [-0.4, -0.2) is 31.3 Å². The molecule has 0 unspecified atom stereocenters. The maximum Gasteiger partial charge on any atom is 0.142 e. The Morgan fingerprint density at radius 3 is 2.15 bits per heavy atom. The first kappa shape index (κ1) is 18.3. The fourth-order valence-corrected chi connectivity index (χ4v) is 2.59. The topological polar surface area (TPSA) is 77.5 Å². The molecule has 1 aromatic heterocycles. The van der Waals surface area contributed by atoms with Gasteiger partial charge in [0.2, 0.25) is 0 Å². The average molecular weight is 366 g/mol. The first-order valence-electron chi connectivity index (χ1n) is 8.37. The third-order valence-electron chi connectivity index (χ3n) is 3.85. The molecule has 7 heteroatoms. The van der Waals surface area contributed by atoms with E-state index in [-0.39, 0.29) is 0 Å². The number of anilines is 4. The van der Waals surface area contributed by atoms with Gasteiger partial charge in [-0.05, 0) is 31.2 Å². The van der Waals surface area contributed by atoms with Crippen molar-refractivity contribution >= 4 is 23.0 Å². The lowest BCUT2D eigenvalue weighted by Gasteiger charge is -2.14. The van der Waals surface area contributed by atoms with Gasteiger partial charge in [0.05, 0.1) is 27.0 Å². The van der Waals surface area contributed by atoms with Gasteiger partial charge >= 0.3 is 0 Å². The number of nitrogens with one attached hydrogen (secondary N) is 2. The molecule has 0 spiro atoms. The van der Waals surface area contributed by atoms with E-state index in [9.17, 15) is 0 Å². The van der Waals surface area contributed by atoms with Gasteiger partial charge in [-0.15, -0.1) is 0 Å². The summed E-state index contributed by atoms with van der Waals surface area (Å²) in [6, 6.07) is 15.0. The molecule has 0 aliphatic rings. The lowest BCUT2D eigenvalue weighted by atomic mass is 10.2. The predicted octanol–water partition coefficient (Wildman–Crippen LogP) is 4.30. The molecule has 1 heterocycles. The number of rotatable bonds is 7. The van der Waals surface area contributed by atoms with Crippen molar-refractivity contribution in [2.75, 3.05) is 32.0 Å². The molecule has 0 atom stereocenters. The summed E-state index contributed by atoms with van der Waals surface area (Å²) in [6.07, 6.45) is 0. The van der Waals surface area contributed by atoms with Gasteiger partial charge in [-0.1, -0.05) is 6.07 Å². The molecule has 3 rings (SSSR count). The molecule has 0 amide bonds. The maximum atomic E-state index is 5.41. The monoisotopic (exact) mass is 366 g/mol. The Hall–Kier alpha value is -3.48. The SMILES string of the molecule is COc1cccc(Nc2cc(Nc3cc(OC)ccc3OC)nc(C)n2)c1. The fraction of sp³-hybridized carbons (Fsp3) is 0.200. The molecule has 27 heavy (non-hydrogen) atoms. The number of hydrogen-bond acceptors (Lipinski definition) is 7. The van der Waals surface area contributed by atoms with E-state index in [1.165, 1.54) is 0 Å². The highest BCUT2D eigenvalue weighted by molar-refractivity contribution is 5.69. The van der Waals surface area contributed by atoms with E-state index >= 15 is 0 Å². The summed E-state index contributed by atoms with van der Waals surface area (Å²) in [6.45, 7) is 1.84. The summed E-state index contributed by atoms with van der Waals surface area (Å²) < 4.78 is 16.0. The number of ether oxygens (including phenoxy) is 3. The molecular formula is C20H22N4O3. The Labute approximate surface area is 158 Å². The molecule has 0 radical (unpaired) electrons. The maximum absolute atomic E-state index is 5.41. The van der Waals surface area contributed by atoms with Gasteiger partial charge in [-0.2, -0.15) is 0 Å². The number of aromatic nitrogens is 2. The van der Waals surface area contributed by atoms with E-state index in [0.29, 0.717) is 23.2 Å². The van der Waals surface area contributed by atoms with Gasteiger partial charge in [0, 0.05) is 23.9 Å². The van der Waals surface area contributed by atoms with Crippen LogP contribution in [0.3, 0.4) is 0 Å². The summed E-state index contributed by atoms with van der Waals surface area (Å²) in [5.74, 6) is 4.12. The van der Waals surface area contributed by atoms with E-state index in [0.717, 1.165) is 22.9 Å². The molecule has 0 fully saturated rings. The van der Waals surface area contributed by atoms with Crippen molar-refractivity contribution in [1.29, 1.82) is 0 Å². The normalized spacial score (nSPS) is 10.2. The molecule has 0 saturated heterocycles. The predicted molar refractivity (Wildman–Crippen MR) is 106 cm³/mol. The smallest absolute Gasteiger partial charge is 0.142 e. The zero-order valence-corrected chi connectivity index (χ0v) is 15.7. The molecule has 2 aromatic carbocycles. The summed E-state index contributed by atoms with van der Waals surface area (Å²) >= 11 is 0. The molecule has 140 valence electrons. The van der Waals surface area contributed by atoms with E-state index in [2.05, 4.69) is 20.6 Å². The van der Waals surface area contributed by atoms with Gasteiger partial charge in [0.15, 0.2) is 0 Å². The fourth-order valence-electron chi connectivity index (χ4n) is 2.59. The van der Waals surface area contributed by atoms with Crippen molar-refractivity contribution in [2.24, 2.45) is 0 Å². The zero-order valence-electron chi connectivity index (χ0n) is 15.7. The zero-order chi connectivity index (χ0) is 19.2. The Morgan fingerprint density at radius 1 is 0.741 bits per heavy atom. The molecule has 0 aliphatic heterocycles. The summed E-state index contributed by atoms with van der Waals surface area (Å²) in [5.41, 5.74) is 1.62. The highest BCUT2D eigenvalue weighted by Crippen LogP contribution is 2.31. The van der Waals surface area contributed by atoms with Crippen LogP contribution in [0.25, 0.3) is 0 Å². The lowest BCUT2D eigenvalue weighted by Crippen LogP contribution is -2.02. The number of nitrogens with zero attached hydrogens (tertiary/aromatic N) is 2. The Balaban J connectivity index is 1.87. The highest BCUT2D eigenvalue weighted by atomic mass is 16.5. The van der Waals surface area contributed by atoms with Crippen LogP contribution < -0.4 is 24.8 Å². The Bertz CT molecular complexity index is 931. The minimum Gasteiger partial charge on any atom is -0.497 e. The second-order valence-electron chi connectivity index (χ2n) is 5.73. The largest absolute Gasteiger partial charge is 0.497 e. The van der Waals surface area contributed by atoms with Crippen LogP contribution in [-0.2, 0) is 0 Å². The second-order valence-corrected chi connectivity index (χ2v) is 5.73. The number of methoxy groups -OCH3 is 3. The van der Waals surface area contributed by atoms with Gasteiger partial charge in [0.1, 0.15) is 34.7 Å². The third kappa shape index (κ3) is 4.58. The summed E-state index contributed by atoms with van der Waals surface area (Å²) in [7, 11) is 4.88. The van der Waals surface area contributed by atoms with E-state index < -0.39 is 0 Å². The molecule has 0 saturated carbocycles. The summed E-state index contributed by atoms with van der Waals surface area (Å²) in [4.78, 5) is 8.90. The first-order chi connectivity index (χ1) is 13.1. The minimum absolute atomic E-state index is 0.632. The third-order valence-corrected chi connectivity index (χ3v) is 3.85. The van der Waals surface area contributed by atoms with Gasteiger partial charge in [-0.3, -0.25) is 0 Å². The van der Waals surface area contributed by atoms with Crippen molar-refractivity contribution in [3.05, 3.63) is 54.4 Å². The lowest BCUT2D eigenvalue weighted by molar-refractivity contribution is 0.405. The van der Waals surface area contributed by atoms with Crippen molar-refractivity contribution in [3.63, 3.8) is 0 Å². The van der Waals surface area contributed by atoms with Crippen LogP contribution in [0.2, 0.25) is 0 Å². The van der Waals surface area contributed by atoms with Crippen LogP contribution in [0.1, 0.15) is 5.82 Å². The number of benzene rings is 2. The Kier molecular flexibility index (Phi) is 5.61. The standard InChI is InChI=1S/C20H22N4O3/c1-13-21-19(23-14-6-5-7-15(10-14)25-2)12-20(22-13)24-17-11-16(26-3)8-9-18(17)27-4/h5-12H,1-4H3,(H2,21,22,23,24). The first-order valence-corrected chi connectivity index (χ1v) is 8.37. The van der Waals surface area contributed by atoms with Gasteiger partial charge < -0.3 is 24.8 Å². The molecular weight excluding hydrogens is 344 g/mol. The van der Waals surface area contributed by atoms with E-state index in [4.69, 9.17) is 14.2 Å². The van der Waals surface area contributed by atoms with Crippen LogP contribution >= 0.6 is 0 Å². The average Bonchev–Trinajstić information content (AvgIpc) is 2.67. The van der Waals surface area contributed by atoms with Crippen molar-refractivity contribution in [3.8, 4) is 17.2 Å². The molecule has 7 nitrogen and oxygen atoms in total. The van der Waals surface area contributed by atoms with Crippen LogP contribution in [0.15, 0.2) is 48.5 Å². The second kappa shape index (κ2) is 8.27. The molecule has 2 N–H and O–H groups in total. The molecule has 0 bridgehead atoms. The quantitative estimate of drug-likeness (QED) is 0.645. The molecule has 3 aromatic rings. The Morgan fingerprint density at radius 2 is 1.44 bits per heavy atom. The number of hydrogen-bond donors (Lipinski definition) is 2. The minimum atomic E-state index is 0.632. The highest BCUT2D eigenvalue weighted by Gasteiger charge is 2.09. The van der Waals surface area contributed by atoms with Crippen molar-refractivity contribution in [2.45, 2.75) is 6.92 Å². The van der Waals surface area contributed by atoms with Crippen LogP contribution in [0.5, 0.6) is 17.2 Å². The van der Waals surface area contributed by atoms with Crippen molar-refractivity contribution in [1.82, 2.24) is 9.97 Å². The van der Waals surface area contributed by atoms with Gasteiger partial charge in [-0.25, -0.2) is 9.97 Å². The summed E-state index contributed by atoms with van der Waals surface area (Å²) in [5, 5.41) is 6.54. The van der Waals surface area contributed by atoms with Crippen LogP contribution in [0, 0.1) is 6.92 Å². The van der Waals surface area contributed by atoms with E-state index in [1.807, 2.05) is 55.5 Å². The van der Waals surface area contributed by atoms with Gasteiger partial charge in [0.25, 0.3) is 0 Å².